The van der Waals surface area contributed by atoms with Crippen LogP contribution in [0.25, 0.3) is 0 Å². The number of piperidine rings is 1. The summed E-state index contributed by atoms with van der Waals surface area (Å²) >= 11 is 0. The summed E-state index contributed by atoms with van der Waals surface area (Å²) in [6, 6.07) is 7.39. The fourth-order valence-electron chi connectivity index (χ4n) is 5.94. The highest BCUT2D eigenvalue weighted by molar-refractivity contribution is 5.98. The average molecular weight is 384 g/mol. The van der Waals surface area contributed by atoms with Crippen molar-refractivity contribution in [3.05, 3.63) is 29.8 Å². The molecule has 6 heteroatoms. The van der Waals surface area contributed by atoms with Crippen LogP contribution in [-0.4, -0.2) is 46.7 Å². The number of hydrogen-bond donors (Lipinski definition) is 2. The molecule has 1 aromatic carbocycles. The van der Waals surface area contributed by atoms with Gasteiger partial charge >= 0.3 is 0 Å². The number of aliphatic hydroxyl groups excluding tert-OH is 1. The number of hydrogen-bond acceptors (Lipinski definition) is 4. The van der Waals surface area contributed by atoms with E-state index < -0.39 is 5.72 Å². The Morgan fingerprint density at radius 1 is 1.25 bits per heavy atom. The number of nitrogens with one attached hydrogen (secondary N) is 1. The molecule has 0 unspecified atom stereocenters. The maximum absolute atomic E-state index is 13.3. The number of nitrogens with zero attached hydrogens (tertiary/aromatic N) is 1. The molecule has 4 fully saturated rings. The van der Waals surface area contributed by atoms with Crippen LogP contribution in [-0.2, 0) is 4.79 Å². The molecule has 2 N–H and O–H groups in total. The second kappa shape index (κ2) is 6.21. The third kappa shape index (κ3) is 2.65. The van der Waals surface area contributed by atoms with E-state index in [9.17, 15) is 14.7 Å². The summed E-state index contributed by atoms with van der Waals surface area (Å²) < 4.78 is 6.43. The lowest BCUT2D eigenvalue weighted by Crippen LogP contribution is -2.69. The van der Waals surface area contributed by atoms with Gasteiger partial charge in [0.2, 0.25) is 5.91 Å². The van der Waals surface area contributed by atoms with Crippen LogP contribution in [0.1, 0.15) is 55.8 Å². The van der Waals surface area contributed by atoms with Gasteiger partial charge in [-0.1, -0.05) is 19.1 Å². The van der Waals surface area contributed by atoms with Gasteiger partial charge in [-0.15, -0.1) is 0 Å². The van der Waals surface area contributed by atoms with Crippen molar-refractivity contribution in [2.24, 2.45) is 17.3 Å². The molecular weight excluding hydrogens is 356 g/mol. The van der Waals surface area contributed by atoms with Crippen LogP contribution < -0.4 is 10.1 Å². The zero-order valence-electron chi connectivity index (χ0n) is 16.3. The molecule has 2 aliphatic heterocycles. The van der Waals surface area contributed by atoms with Gasteiger partial charge in [0.1, 0.15) is 5.75 Å². The fraction of sp³-hybridized carbons (Fsp3) is 0.636. The lowest BCUT2D eigenvalue weighted by atomic mass is 9.52. The van der Waals surface area contributed by atoms with Gasteiger partial charge in [-0.2, -0.15) is 0 Å². The number of likely N-dealkylation sites (tertiary alicyclic amines) is 1. The number of benzene rings is 1. The summed E-state index contributed by atoms with van der Waals surface area (Å²) in [5, 5.41) is 12.9. The zero-order chi connectivity index (χ0) is 19.5. The molecule has 4 atom stereocenters. The third-order valence-electron chi connectivity index (χ3n) is 7.57. The lowest BCUT2D eigenvalue weighted by molar-refractivity contribution is -0.175. The molecule has 28 heavy (non-hydrogen) atoms. The third-order valence-corrected chi connectivity index (χ3v) is 7.57. The van der Waals surface area contributed by atoms with Crippen LogP contribution in [0.5, 0.6) is 5.75 Å². The maximum atomic E-state index is 13.3. The predicted molar refractivity (Wildman–Crippen MR) is 103 cm³/mol. The lowest BCUT2D eigenvalue weighted by Gasteiger charge is -2.60. The van der Waals surface area contributed by atoms with Crippen LogP contribution in [0.2, 0.25) is 0 Å². The molecule has 6 rings (SSSR count). The number of fused-ring (bicyclic) bond motifs is 3. The van der Waals surface area contributed by atoms with E-state index in [4.69, 9.17) is 4.74 Å². The van der Waals surface area contributed by atoms with E-state index in [0.29, 0.717) is 43.7 Å². The average Bonchev–Trinajstić information content (AvgIpc) is 2.67. The minimum Gasteiger partial charge on any atom is -0.467 e. The number of para-hydroxylation sites is 1. The van der Waals surface area contributed by atoms with Crippen LogP contribution in [0.3, 0.4) is 0 Å². The largest absolute Gasteiger partial charge is 0.467 e. The molecule has 0 aromatic heterocycles. The van der Waals surface area contributed by atoms with Gasteiger partial charge in [0.05, 0.1) is 11.7 Å². The van der Waals surface area contributed by atoms with Gasteiger partial charge in [-0.25, -0.2) is 0 Å². The van der Waals surface area contributed by atoms with Crippen LogP contribution in [0.4, 0.5) is 0 Å². The number of carbonyl (C=O) groups is 2. The van der Waals surface area contributed by atoms with Gasteiger partial charge in [-0.3, -0.25) is 9.59 Å². The van der Waals surface area contributed by atoms with E-state index in [-0.39, 0.29) is 35.2 Å². The first-order valence-corrected chi connectivity index (χ1v) is 10.5. The number of amides is 2. The second-order valence-electron chi connectivity index (χ2n) is 9.35. The second-order valence-corrected chi connectivity index (χ2v) is 9.35. The summed E-state index contributed by atoms with van der Waals surface area (Å²) in [5.74, 6) is 0.887. The van der Waals surface area contributed by atoms with Gasteiger partial charge in [-0.05, 0) is 49.7 Å². The number of aliphatic hydroxyl groups is 1. The summed E-state index contributed by atoms with van der Waals surface area (Å²) in [4.78, 5) is 28.0. The summed E-state index contributed by atoms with van der Waals surface area (Å²) in [6.45, 7) is 3.47. The van der Waals surface area contributed by atoms with Gasteiger partial charge in [0.25, 0.3) is 5.91 Å². The first-order chi connectivity index (χ1) is 13.4. The van der Waals surface area contributed by atoms with Crippen LogP contribution in [0, 0.1) is 17.3 Å². The molecule has 1 aromatic rings. The fourth-order valence-corrected chi connectivity index (χ4v) is 5.94. The smallest absolute Gasteiger partial charge is 0.258 e. The van der Waals surface area contributed by atoms with Crippen LogP contribution in [0.15, 0.2) is 24.3 Å². The van der Waals surface area contributed by atoms with E-state index in [0.717, 1.165) is 19.3 Å². The Balaban J connectivity index is 1.40. The molecule has 2 bridgehead atoms. The number of carbonyl (C=O) groups excluding carboxylic acids is 2. The Labute approximate surface area is 165 Å². The Morgan fingerprint density at radius 2 is 2.00 bits per heavy atom. The molecule has 5 aliphatic rings. The van der Waals surface area contributed by atoms with E-state index >= 15 is 0 Å². The summed E-state index contributed by atoms with van der Waals surface area (Å²) in [7, 11) is 0. The van der Waals surface area contributed by atoms with Crippen molar-refractivity contribution in [1.29, 1.82) is 0 Å². The molecule has 2 heterocycles. The van der Waals surface area contributed by atoms with Crippen molar-refractivity contribution in [3.8, 4) is 5.75 Å². The first kappa shape index (κ1) is 18.0. The van der Waals surface area contributed by atoms with Gasteiger partial charge in [0, 0.05) is 31.3 Å². The molecule has 2 amide bonds. The minimum atomic E-state index is -0.701. The Hall–Kier alpha value is -2.08. The molecule has 3 saturated carbocycles. The Bertz CT molecular complexity index is 819. The molecule has 3 aliphatic carbocycles. The Kier molecular flexibility index (Phi) is 3.99. The minimum absolute atomic E-state index is 0.0372. The highest BCUT2D eigenvalue weighted by Crippen LogP contribution is 2.59. The normalized spacial score (nSPS) is 37.4. The topological polar surface area (TPSA) is 78.9 Å². The van der Waals surface area contributed by atoms with Gasteiger partial charge in [0.15, 0.2) is 5.72 Å². The van der Waals surface area contributed by atoms with E-state index in [1.807, 2.05) is 23.1 Å². The van der Waals surface area contributed by atoms with Crippen molar-refractivity contribution in [3.63, 3.8) is 0 Å². The molecule has 1 saturated heterocycles. The SMILES string of the molecule is C[C@]12CC[C@H](C[C@@H]1C(=O)N1CCC(O)CC1)[C@@]1(C2)NC(=O)c2ccccc2O1. The van der Waals surface area contributed by atoms with Crippen molar-refractivity contribution < 1.29 is 19.4 Å². The van der Waals surface area contributed by atoms with Crippen molar-refractivity contribution >= 4 is 11.8 Å². The highest BCUT2D eigenvalue weighted by Gasteiger charge is 2.62. The van der Waals surface area contributed by atoms with Crippen molar-refractivity contribution in [2.45, 2.75) is 57.3 Å². The highest BCUT2D eigenvalue weighted by atomic mass is 16.5. The molecule has 1 spiro atoms. The summed E-state index contributed by atoms with van der Waals surface area (Å²) in [6.07, 6.45) is 4.40. The zero-order valence-corrected chi connectivity index (χ0v) is 16.3. The quantitative estimate of drug-likeness (QED) is 0.779. The summed E-state index contributed by atoms with van der Waals surface area (Å²) in [5.41, 5.74) is -0.311. The standard InChI is InChI=1S/C22H28N2O4/c1-21-9-6-14(12-17(21)20(27)24-10-7-15(25)8-11-24)22(13-21)23-19(26)16-4-2-3-5-18(16)28-22/h2-5,14-15,17,25H,6-13H2,1H3,(H,23,26)/t14-,17-,21-,22+/m1/s1. The van der Waals surface area contributed by atoms with E-state index in [1.165, 1.54) is 0 Å². The molecular formula is C22H28N2O4. The predicted octanol–water partition coefficient (Wildman–Crippen LogP) is 2.31. The van der Waals surface area contributed by atoms with Gasteiger partial charge < -0.3 is 20.1 Å². The molecule has 150 valence electrons. The van der Waals surface area contributed by atoms with Crippen LogP contribution >= 0.6 is 0 Å². The molecule has 6 nitrogen and oxygen atoms in total. The maximum Gasteiger partial charge on any atom is 0.258 e. The van der Waals surface area contributed by atoms with Crippen molar-refractivity contribution in [2.75, 3.05) is 13.1 Å². The number of ether oxygens (including phenoxy) is 1. The Morgan fingerprint density at radius 3 is 2.75 bits per heavy atom. The first-order valence-electron chi connectivity index (χ1n) is 10.5. The van der Waals surface area contributed by atoms with Crippen molar-refractivity contribution in [1.82, 2.24) is 10.2 Å². The van der Waals surface area contributed by atoms with E-state index in [2.05, 4.69) is 12.2 Å². The van der Waals surface area contributed by atoms with E-state index in [1.54, 1.807) is 6.07 Å². The monoisotopic (exact) mass is 384 g/mol. The molecule has 0 radical (unpaired) electrons. The number of rotatable bonds is 1.